The Labute approximate surface area is 167 Å². The Morgan fingerprint density at radius 2 is 2.00 bits per heavy atom. The van der Waals surface area contributed by atoms with Crippen LogP contribution in [0.15, 0.2) is 42.7 Å². The molecular formula is C19H19ClN4O4. The number of carbonyl (C=O) groups excluding carboxylic acids is 1. The van der Waals surface area contributed by atoms with Gasteiger partial charge in [0.25, 0.3) is 5.91 Å². The monoisotopic (exact) mass is 402 g/mol. The van der Waals surface area contributed by atoms with Crippen LogP contribution < -0.4 is 19.5 Å². The van der Waals surface area contributed by atoms with Crippen molar-refractivity contribution in [3.63, 3.8) is 0 Å². The summed E-state index contributed by atoms with van der Waals surface area (Å²) in [6.07, 6.45) is 3.28. The van der Waals surface area contributed by atoms with Crippen molar-refractivity contribution in [2.75, 3.05) is 26.6 Å². The van der Waals surface area contributed by atoms with Crippen LogP contribution in [-0.4, -0.2) is 42.0 Å². The standard InChI is InChI=1S/C19H19ClN4O4/c1-26-15-6-4-5-12(18(15)28-3)10-24-11-14(9-21-24)22-19(25)13-7-16(20)23-17(8-13)27-2/h4-9,11H,10H2,1-3H3,(H,22,25). The lowest BCUT2D eigenvalue weighted by Gasteiger charge is -2.12. The molecule has 0 aliphatic heterocycles. The molecule has 0 spiro atoms. The van der Waals surface area contributed by atoms with Crippen molar-refractivity contribution in [3.05, 3.63) is 59.0 Å². The van der Waals surface area contributed by atoms with E-state index < -0.39 is 0 Å². The predicted octanol–water partition coefficient (Wildman–Crippen LogP) is 3.26. The quantitative estimate of drug-likeness (QED) is 0.610. The van der Waals surface area contributed by atoms with E-state index in [1.165, 1.54) is 19.2 Å². The van der Waals surface area contributed by atoms with E-state index in [4.69, 9.17) is 25.8 Å². The molecule has 2 aromatic heterocycles. The third kappa shape index (κ3) is 4.34. The highest BCUT2D eigenvalue weighted by molar-refractivity contribution is 6.30. The van der Waals surface area contributed by atoms with Gasteiger partial charge in [-0.1, -0.05) is 23.7 Å². The average Bonchev–Trinajstić information content (AvgIpc) is 3.13. The van der Waals surface area contributed by atoms with E-state index in [-0.39, 0.29) is 16.9 Å². The first kappa shape index (κ1) is 19.5. The molecule has 146 valence electrons. The van der Waals surface area contributed by atoms with Gasteiger partial charge in [-0.3, -0.25) is 9.48 Å². The molecule has 3 aromatic rings. The van der Waals surface area contributed by atoms with Crippen molar-refractivity contribution in [2.45, 2.75) is 6.54 Å². The summed E-state index contributed by atoms with van der Waals surface area (Å²) in [5.41, 5.74) is 1.77. The largest absolute Gasteiger partial charge is 0.493 e. The summed E-state index contributed by atoms with van der Waals surface area (Å²) in [5, 5.41) is 7.23. The molecule has 0 aliphatic rings. The number of ether oxygens (including phenoxy) is 3. The zero-order valence-electron chi connectivity index (χ0n) is 15.6. The van der Waals surface area contributed by atoms with Crippen molar-refractivity contribution in [1.82, 2.24) is 14.8 Å². The van der Waals surface area contributed by atoms with Gasteiger partial charge in [0.05, 0.1) is 39.8 Å². The lowest BCUT2D eigenvalue weighted by Crippen LogP contribution is -2.12. The fourth-order valence-corrected chi connectivity index (χ4v) is 2.88. The minimum Gasteiger partial charge on any atom is -0.493 e. The van der Waals surface area contributed by atoms with Crippen molar-refractivity contribution in [3.8, 4) is 17.4 Å². The summed E-state index contributed by atoms with van der Waals surface area (Å²) in [6.45, 7) is 0.450. The number of rotatable bonds is 7. The Balaban J connectivity index is 1.75. The topological polar surface area (TPSA) is 87.5 Å². The van der Waals surface area contributed by atoms with E-state index in [1.54, 1.807) is 31.3 Å². The summed E-state index contributed by atoms with van der Waals surface area (Å²) >= 11 is 5.91. The number of halogens is 1. The highest BCUT2D eigenvalue weighted by Crippen LogP contribution is 2.31. The van der Waals surface area contributed by atoms with Crippen molar-refractivity contribution >= 4 is 23.2 Å². The zero-order chi connectivity index (χ0) is 20.1. The molecule has 1 amide bonds. The fraction of sp³-hybridized carbons (Fsp3) is 0.211. The molecule has 8 nitrogen and oxygen atoms in total. The molecule has 0 saturated heterocycles. The zero-order valence-corrected chi connectivity index (χ0v) is 16.4. The number of nitrogens with one attached hydrogen (secondary N) is 1. The van der Waals surface area contributed by atoms with Gasteiger partial charge < -0.3 is 19.5 Å². The number of hydrogen-bond acceptors (Lipinski definition) is 6. The van der Waals surface area contributed by atoms with Gasteiger partial charge in [0, 0.05) is 23.4 Å². The number of pyridine rings is 1. The first-order valence-electron chi connectivity index (χ1n) is 8.29. The highest BCUT2D eigenvalue weighted by atomic mass is 35.5. The summed E-state index contributed by atoms with van der Waals surface area (Å²) in [7, 11) is 4.63. The smallest absolute Gasteiger partial charge is 0.256 e. The highest BCUT2D eigenvalue weighted by Gasteiger charge is 2.13. The Morgan fingerprint density at radius 1 is 1.18 bits per heavy atom. The number of hydrogen-bond donors (Lipinski definition) is 1. The molecule has 9 heteroatoms. The van der Waals surface area contributed by atoms with Crippen LogP contribution in [0.3, 0.4) is 0 Å². The minimum absolute atomic E-state index is 0.172. The number of benzene rings is 1. The molecule has 1 N–H and O–H groups in total. The van der Waals surface area contributed by atoms with Gasteiger partial charge in [-0.15, -0.1) is 0 Å². The van der Waals surface area contributed by atoms with Crippen molar-refractivity contribution in [1.29, 1.82) is 0 Å². The normalized spacial score (nSPS) is 10.4. The van der Waals surface area contributed by atoms with Crippen molar-refractivity contribution in [2.24, 2.45) is 0 Å². The number of anilines is 1. The third-order valence-corrected chi connectivity index (χ3v) is 4.14. The van der Waals surface area contributed by atoms with Gasteiger partial charge in [0.15, 0.2) is 11.5 Å². The Bertz CT molecular complexity index is 990. The molecule has 0 bridgehead atoms. The summed E-state index contributed by atoms with van der Waals surface area (Å²) < 4.78 is 17.5. The second-order valence-electron chi connectivity index (χ2n) is 5.75. The summed E-state index contributed by atoms with van der Waals surface area (Å²) in [4.78, 5) is 16.4. The second-order valence-corrected chi connectivity index (χ2v) is 6.14. The molecule has 0 saturated carbocycles. The first-order chi connectivity index (χ1) is 13.5. The predicted molar refractivity (Wildman–Crippen MR) is 105 cm³/mol. The van der Waals surface area contributed by atoms with Gasteiger partial charge in [0.2, 0.25) is 5.88 Å². The molecule has 0 aliphatic carbocycles. The molecule has 0 fully saturated rings. The molecule has 3 rings (SSSR count). The van der Waals surface area contributed by atoms with E-state index in [0.717, 1.165) is 5.56 Å². The molecular weight excluding hydrogens is 384 g/mol. The van der Waals surface area contributed by atoms with Crippen LogP contribution in [0.5, 0.6) is 17.4 Å². The first-order valence-corrected chi connectivity index (χ1v) is 8.67. The van der Waals surface area contributed by atoms with Crippen LogP contribution >= 0.6 is 11.6 Å². The Hall–Kier alpha value is -3.26. The maximum Gasteiger partial charge on any atom is 0.256 e. The van der Waals surface area contributed by atoms with Crippen LogP contribution in [0.25, 0.3) is 0 Å². The van der Waals surface area contributed by atoms with E-state index in [9.17, 15) is 4.79 Å². The van der Waals surface area contributed by atoms with Gasteiger partial charge >= 0.3 is 0 Å². The maximum atomic E-state index is 12.5. The minimum atomic E-state index is -0.346. The summed E-state index contributed by atoms with van der Waals surface area (Å²) in [5.74, 6) is 1.20. The number of aromatic nitrogens is 3. The molecule has 0 unspecified atom stereocenters. The summed E-state index contributed by atoms with van der Waals surface area (Å²) in [6, 6.07) is 8.60. The van der Waals surface area contributed by atoms with Crippen LogP contribution in [0.1, 0.15) is 15.9 Å². The molecule has 0 radical (unpaired) electrons. The lowest BCUT2D eigenvalue weighted by atomic mass is 10.2. The van der Waals surface area contributed by atoms with E-state index in [2.05, 4.69) is 15.4 Å². The van der Waals surface area contributed by atoms with Crippen LogP contribution in [0.4, 0.5) is 5.69 Å². The number of nitrogens with zero attached hydrogens (tertiary/aromatic N) is 3. The molecule has 2 heterocycles. The van der Waals surface area contributed by atoms with Crippen LogP contribution in [0.2, 0.25) is 5.15 Å². The van der Waals surface area contributed by atoms with Gasteiger partial charge in [-0.2, -0.15) is 5.10 Å². The van der Waals surface area contributed by atoms with Gasteiger partial charge in [-0.05, 0) is 12.1 Å². The number of methoxy groups -OCH3 is 3. The molecule has 1 aromatic carbocycles. The number of amides is 1. The maximum absolute atomic E-state index is 12.5. The van der Waals surface area contributed by atoms with E-state index in [0.29, 0.717) is 29.3 Å². The van der Waals surface area contributed by atoms with E-state index in [1.807, 2.05) is 18.2 Å². The van der Waals surface area contributed by atoms with Crippen molar-refractivity contribution < 1.29 is 19.0 Å². The molecule has 0 atom stereocenters. The van der Waals surface area contributed by atoms with Crippen LogP contribution in [0, 0.1) is 0 Å². The van der Waals surface area contributed by atoms with Gasteiger partial charge in [-0.25, -0.2) is 4.98 Å². The van der Waals surface area contributed by atoms with Crippen LogP contribution in [-0.2, 0) is 6.54 Å². The second kappa shape index (κ2) is 8.62. The Morgan fingerprint density at radius 3 is 2.71 bits per heavy atom. The third-order valence-electron chi connectivity index (χ3n) is 3.95. The average molecular weight is 403 g/mol. The number of para-hydroxylation sites is 1. The SMILES string of the molecule is COc1cc(C(=O)Nc2cnn(Cc3cccc(OC)c3OC)c2)cc(Cl)n1. The number of carbonyl (C=O) groups is 1. The fourth-order valence-electron chi connectivity index (χ4n) is 2.68. The Kier molecular flexibility index (Phi) is 6.00. The van der Waals surface area contributed by atoms with E-state index >= 15 is 0 Å². The lowest BCUT2D eigenvalue weighted by molar-refractivity contribution is 0.102. The van der Waals surface area contributed by atoms with Gasteiger partial charge in [0.1, 0.15) is 5.15 Å². The molecule has 28 heavy (non-hydrogen) atoms.